The summed E-state index contributed by atoms with van der Waals surface area (Å²) < 4.78 is 4.64. The summed E-state index contributed by atoms with van der Waals surface area (Å²) in [7, 11) is 4.98. The van der Waals surface area contributed by atoms with Crippen LogP contribution in [0.1, 0.15) is 12.8 Å². The average molecular weight is 252 g/mol. The van der Waals surface area contributed by atoms with E-state index in [4.69, 9.17) is 0 Å². The van der Waals surface area contributed by atoms with Crippen molar-refractivity contribution in [3.8, 4) is 0 Å². The largest absolute Gasteiger partial charge is 0.465 e. The maximum Gasteiger partial charge on any atom is 0.338 e. The van der Waals surface area contributed by atoms with Crippen LogP contribution in [0.2, 0.25) is 0 Å². The van der Waals surface area contributed by atoms with E-state index in [0.717, 1.165) is 5.57 Å². The number of carbonyl (C=O) groups excluding carboxylic acids is 1. The number of allylic oxidation sites excluding steroid dienone is 3. The number of ether oxygens (including phenoxy) is 1. The van der Waals surface area contributed by atoms with E-state index < -0.39 is 10.9 Å². The first-order valence-electron chi connectivity index (χ1n) is 5.46. The van der Waals surface area contributed by atoms with Crippen LogP contribution in [0.25, 0.3) is 0 Å². The summed E-state index contributed by atoms with van der Waals surface area (Å²) in [4.78, 5) is 23.7. The van der Waals surface area contributed by atoms with Gasteiger partial charge in [-0.3, -0.25) is 10.1 Å². The van der Waals surface area contributed by atoms with Crippen molar-refractivity contribution in [2.45, 2.75) is 12.8 Å². The highest BCUT2D eigenvalue weighted by molar-refractivity contribution is 5.93. The van der Waals surface area contributed by atoms with E-state index in [9.17, 15) is 14.9 Å². The Bertz CT molecular complexity index is 447. The number of hydrogen-bond acceptors (Lipinski definition) is 5. The Balaban J connectivity index is 3.14. The normalized spacial score (nSPS) is 15.6. The quantitative estimate of drug-likeness (QED) is 0.430. The van der Waals surface area contributed by atoms with Gasteiger partial charge >= 0.3 is 5.97 Å². The van der Waals surface area contributed by atoms with Crippen molar-refractivity contribution in [1.29, 1.82) is 0 Å². The topological polar surface area (TPSA) is 72.7 Å². The van der Waals surface area contributed by atoms with Gasteiger partial charge in [-0.05, 0) is 24.3 Å². The third-order valence-electron chi connectivity index (χ3n) is 2.52. The van der Waals surface area contributed by atoms with Crippen LogP contribution in [-0.2, 0) is 9.53 Å². The predicted octanol–water partition coefficient (Wildman–Crippen LogP) is 1.49. The molecule has 1 aliphatic rings. The van der Waals surface area contributed by atoms with Gasteiger partial charge in [-0.15, -0.1) is 0 Å². The molecule has 0 aromatic rings. The molecule has 0 N–H and O–H groups in total. The van der Waals surface area contributed by atoms with Crippen molar-refractivity contribution < 1.29 is 14.5 Å². The molecule has 0 heterocycles. The second kappa shape index (κ2) is 6.00. The first-order chi connectivity index (χ1) is 8.45. The molecule has 0 atom stereocenters. The molecule has 0 spiro atoms. The fourth-order valence-corrected chi connectivity index (χ4v) is 1.59. The summed E-state index contributed by atoms with van der Waals surface area (Å²) in [6.07, 6.45) is 5.65. The Morgan fingerprint density at radius 1 is 1.50 bits per heavy atom. The maximum atomic E-state index is 11.6. The molecule has 0 aromatic carbocycles. The molecule has 18 heavy (non-hydrogen) atoms. The molecule has 0 amide bonds. The van der Waals surface area contributed by atoms with E-state index in [2.05, 4.69) is 4.74 Å². The minimum absolute atomic E-state index is 0.0393. The monoisotopic (exact) mass is 252 g/mol. The zero-order chi connectivity index (χ0) is 13.7. The Hall–Kier alpha value is -2.11. The van der Waals surface area contributed by atoms with E-state index in [0.29, 0.717) is 12.8 Å². The molecule has 0 aliphatic heterocycles. The van der Waals surface area contributed by atoms with Crippen LogP contribution in [0, 0.1) is 10.1 Å². The molecule has 1 aliphatic carbocycles. The minimum Gasteiger partial charge on any atom is -0.465 e. The smallest absolute Gasteiger partial charge is 0.338 e. The summed E-state index contributed by atoms with van der Waals surface area (Å²) in [5, 5.41) is 10.7. The van der Waals surface area contributed by atoms with Crippen molar-refractivity contribution in [3.05, 3.63) is 45.3 Å². The molecule has 6 heteroatoms. The molecule has 0 saturated heterocycles. The Labute approximate surface area is 105 Å². The van der Waals surface area contributed by atoms with Crippen molar-refractivity contribution in [3.63, 3.8) is 0 Å². The Morgan fingerprint density at radius 3 is 2.67 bits per heavy atom. The lowest BCUT2D eigenvalue weighted by Crippen LogP contribution is -2.13. The molecule has 0 fully saturated rings. The predicted molar refractivity (Wildman–Crippen MR) is 66.2 cm³/mol. The molecule has 1 rings (SSSR count). The number of rotatable bonds is 4. The second-order valence-corrected chi connectivity index (χ2v) is 4.10. The van der Waals surface area contributed by atoms with Crippen LogP contribution in [0.3, 0.4) is 0 Å². The number of nitrogens with zero attached hydrogens (tertiary/aromatic N) is 2. The molecule has 6 nitrogen and oxygen atoms in total. The van der Waals surface area contributed by atoms with Crippen LogP contribution in [0.5, 0.6) is 0 Å². The van der Waals surface area contributed by atoms with E-state index >= 15 is 0 Å². The second-order valence-electron chi connectivity index (χ2n) is 4.10. The van der Waals surface area contributed by atoms with Gasteiger partial charge in [0.05, 0.1) is 17.6 Å². The zero-order valence-corrected chi connectivity index (χ0v) is 10.7. The fraction of sp³-hybridized carbons (Fsp3) is 0.417. The fourth-order valence-electron chi connectivity index (χ4n) is 1.59. The highest BCUT2D eigenvalue weighted by Gasteiger charge is 2.23. The van der Waals surface area contributed by atoms with Crippen molar-refractivity contribution in [2.75, 3.05) is 21.2 Å². The minimum atomic E-state index is -0.549. The number of hydrogen-bond donors (Lipinski definition) is 0. The lowest BCUT2D eigenvalue weighted by atomic mass is 9.95. The van der Waals surface area contributed by atoms with Gasteiger partial charge in [-0.1, -0.05) is 0 Å². The maximum absolute atomic E-state index is 11.6. The average Bonchev–Trinajstić information content (AvgIpc) is 2.34. The number of esters is 1. The SMILES string of the molecule is COC(=O)C1=C(/C=C/N(C)C)CCC([N+](=O)[O-])=C1. The van der Waals surface area contributed by atoms with Gasteiger partial charge in [0.25, 0.3) is 0 Å². The first kappa shape index (κ1) is 14.0. The molecule has 0 radical (unpaired) electrons. The van der Waals surface area contributed by atoms with Crippen LogP contribution in [0.4, 0.5) is 0 Å². The molecular formula is C12H16N2O4. The Morgan fingerprint density at radius 2 is 2.17 bits per heavy atom. The van der Waals surface area contributed by atoms with Crippen molar-refractivity contribution >= 4 is 5.97 Å². The van der Waals surface area contributed by atoms with Gasteiger partial charge < -0.3 is 9.64 Å². The number of carbonyl (C=O) groups is 1. The molecule has 98 valence electrons. The van der Waals surface area contributed by atoms with Crippen LogP contribution < -0.4 is 0 Å². The highest BCUT2D eigenvalue weighted by atomic mass is 16.6. The van der Waals surface area contributed by atoms with E-state index in [-0.39, 0.29) is 11.3 Å². The highest BCUT2D eigenvalue weighted by Crippen LogP contribution is 2.26. The summed E-state index contributed by atoms with van der Waals surface area (Å²) in [6.45, 7) is 0. The van der Waals surface area contributed by atoms with Crippen LogP contribution in [0.15, 0.2) is 35.2 Å². The lowest BCUT2D eigenvalue weighted by molar-refractivity contribution is -0.428. The summed E-state index contributed by atoms with van der Waals surface area (Å²) in [5.41, 5.74) is 1.05. The van der Waals surface area contributed by atoms with E-state index in [1.165, 1.54) is 13.2 Å². The molecule has 0 saturated carbocycles. The summed E-state index contributed by atoms with van der Waals surface area (Å²) in [5.74, 6) is -0.549. The molecular weight excluding hydrogens is 236 g/mol. The van der Waals surface area contributed by atoms with Gasteiger partial charge in [-0.25, -0.2) is 4.79 Å². The number of methoxy groups -OCH3 is 1. The molecule has 0 bridgehead atoms. The summed E-state index contributed by atoms with van der Waals surface area (Å²) in [6, 6.07) is 0. The van der Waals surface area contributed by atoms with Gasteiger partial charge in [0.1, 0.15) is 0 Å². The van der Waals surface area contributed by atoms with Crippen LogP contribution >= 0.6 is 0 Å². The van der Waals surface area contributed by atoms with Gasteiger partial charge in [0, 0.05) is 26.6 Å². The van der Waals surface area contributed by atoms with Crippen molar-refractivity contribution in [1.82, 2.24) is 4.90 Å². The molecule has 0 aromatic heterocycles. The zero-order valence-electron chi connectivity index (χ0n) is 10.7. The van der Waals surface area contributed by atoms with Gasteiger partial charge in [0.2, 0.25) is 5.70 Å². The van der Waals surface area contributed by atoms with Gasteiger partial charge in [-0.2, -0.15) is 0 Å². The standard InChI is InChI=1S/C12H16N2O4/c1-13(2)7-6-9-4-5-10(14(16)17)8-11(9)12(15)18-3/h6-8H,4-5H2,1-3H3/b7-6+. The first-order valence-corrected chi connectivity index (χ1v) is 5.46. The Kier molecular flexibility index (Phi) is 4.65. The van der Waals surface area contributed by atoms with Crippen molar-refractivity contribution in [2.24, 2.45) is 0 Å². The third-order valence-corrected chi connectivity index (χ3v) is 2.52. The van der Waals surface area contributed by atoms with E-state index in [1.54, 1.807) is 12.3 Å². The summed E-state index contributed by atoms with van der Waals surface area (Å²) >= 11 is 0. The van der Waals surface area contributed by atoms with Gasteiger partial charge in [0.15, 0.2) is 0 Å². The number of nitro groups is 1. The van der Waals surface area contributed by atoms with Crippen LogP contribution in [-0.4, -0.2) is 37.0 Å². The molecule has 0 unspecified atom stereocenters. The third kappa shape index (κ3) is 3.44. The van der Waals surface area contributed by atoms with E-state index in [1.807, 2.05) is 19.0 Å². The lowest BCUT2D eigenvalue weighted by Gasteiger charge is -2.13.